The van der Waals surface area contributed by atoms with Crippen LogP contribution < -0.4 is 9.47 Å². The number of carbonyl (C=O) groups is 2. The van der Waals surface area contributed by atoms with Crippen LogP contribution in [-0.4, -0.2) is 18.9 Å². The molecule has 0 fully saturated rings. The molecule has 6 heteroatoms. The van der Waals surface area contributed by atoms with E-state index < -0.39 is 5.97 Å². The minimum Gasteiger partial charge on any atom is -0.494 e. The molecule has 2 aromatic carbocycles. The van der Waals surface area contributed by atoms with Crippen LogP contribution in [0.5, 0.6) is 11.5 Å². The molecule has 0 amide bonds. The van der Waals surface area contributed by atoms with E-state index in [1.807, 2.05) is 6.92 Å². The SMILES string of the molecule is CCCOc1ccc(C(=O)Oc2c(Cl)cc(Cl)cc2C=O)cc1. The molecule has 0 unspecified atom stereocenters. The van der Waals surface area contributed by atoms with Crippen molar-refractivity contribution < 1.29 is 19.1 Å². The Morgan fingerprint density at radius 3 is 2.48 bits per heavy atom. The summed E-state index contributed by atoms with van der Waals surface area (Å²) in [5.41, 5.74) is 0.426. The smallest absolute Gasteiger partial charge is 0.343 e. The number of rotatable bonds is 6. The number of hydrogen-bond donors (Lipinski definition) is 0. The van der Waals surface area contributed by atoms with Crippen molar-refractivity contribution in [2.45, 2.75) is 13.3 Å². The molecule has 0 bridgehead atoms. The number of benzene rings is 2. The molecule has 23 heavy (non-hydrogen) atoms. The van der Waals surface area contributed by atoms with E-state index in [4.69, 9.17) is 32.7 Å². The number of ether oxygens (including phenoxy) is 2. The summed E-state index contributed by atoms with van der Waals surface area (Å²) in [6.07, 6.45) is 1.43. The van der Waals surface area contributed by atoms with Gasteiger partial charge in [0.15, 0.2) is 12.0 Å². The molecule has 0 radical (unpaired) electrons. The van der Waals surface area contributed by atoms with E-state index in [0.717, 1.165) is 6.42 Å². The molecule has 120 valence electrons. The van der Waals surface area contributed by atoms with Crippen molar-refractivity contribution >= 4 is 35.5 Å². The van der Waals surface area contributed by atoms with Crippen molar-refractivity contribution in [3.8, 4) is 11.5 Å². The second kappa shape index (κ2) is 7.99. The molecule has 0 saturated carbocycles. The van der Waals surface area contributed by atoms with Gasteiger partial charge < -0.3 is 9.47 Å². The lowest BCUT2D eigenvalue weighted by Gasteiger charge is -2.10. The Bertz CT molecular complexity index is 711. The van der Waals surface area contributed by atoms with Crippen LogP contribution in [0.15, 0.2) is 36.4 Å². The zero-order valence-corrected chi connectivity index (χ0v) is 13.9. The first-order chi connectivity index (χ1) is 11.0. The fourth-order valence-corrected chi connectivity index (χ4v) is 2.38. The van der Waals surface area contributed by atoms with Crippen LogP contribution in [-0.2, 0) is 0 Å². The minimum atomic E-state index is -0.626. The summed E-state index contributed by atoms with van der Waals surface area (Å²) in [4.78, 5) is 23.2. The molecule has 0 aliphatic rings. The number of hydrogen-bond acceptors (Lipinski definition) is 4. The van der Waals surface area contributed by atoms with Gasteiger partial charge in [-0.1, -0.05) is 30.1 Å². The second-order valence-electron chi connectivity index (χ2n) is 4.69. The highest BCUT2D eigenvalue weighted by Gasteiger charge is 2.16. The van der Waals surface area contributed by atoms with E-state index in [1.165, 1.54) is 12.1 Å². The van der Waals surface area contributed by atoms with E-state index in [9.17, 15) is 9.59 Å². The van der Waals surface area contributed by atoms with Crippen LogP contribution in [0.25, 0.3) is 0 Å². The highest BCUT2D eigenvalue weighted by molar-refractivity contribution is 6.36. The maximum atomic E-state index is 12.2. The van der Waals surface area contributed by atoms with Crippen LogP contribution in [0.1, 0.15) is 34.1 Å². The van der Waals surface area contributed by atoms with E-state index in [1.54, 1.807) is 24.3 Å². The van der Waals surface area contributed by atoms with Gasteiger partial charge in [-0.05, 0) is 42.8 Å². The molecule has 0 aliphatic heterocycles. The zero-order valence-electron chi connectivity index (χ0n) is 12.3. The van der Waals surface area contributed by atoms with Gasteiger partial charge in [0.05, 0.1) is 22.8 Å². The van der Waals surface area contributed by atoms with Gasteiger partial charge in [0, 0.05) is 5.02 Å². The van der Waals surface area contributed by atoms with Crippen molar-refractivity contribution in [3.63, 3.8) is 0 Å². The molecule has 0 aliphatic carbocycles. The van der Waals surface area contributed by atoms with Gasteiger partial charge >= 0.3 is 5.97 Å². The topological polar surface area (TPSA) is 52.6 Å². The minimum absolute atomic E-state index is 0.0117. The van der Waals surface area contributed by atoms with Gasteiger partial charge in [0.2, 0.25) is 0 Å². The monoisotopic (exact) mass is 352 g/mol. The lowest BCUT2D eigenvalue weighted by molar-refractivity contribution is 0.0733. The van der Waals surface area contributed by atoms with Gasteiger partial charge in [-0.2, -0.15) is 0 Å². The highest BCUT2D eigenvalue weighted by Crippen LogP contribution is 2.32. The van der Waals surface area contributed by atoms with Crippen molar-refractivity contribution in [1.82, 2.24) is 0 Å². The summed E-state index contributed by atoms with van der Waals surface area (Å²) in [5, 5.41) is 0.380. The Kier molecular flexibility index (Phi) is 6.02. The Morgan fingerprint density at radius 1 is 1.17 bits per heavy atom. The first kappa shape index (κ1) is 17.3. The molecular formula is C17H14Cl2O4. The van der Waals surface area contributed by atoms with Crippen molar-refractivity contribution in [1.29, 1.82) is 0 Å². The number of esters is 1. The zero-order chi connectivity index (χ0) is 16.8. The Hall–Kier alpha value is -2.04. The Labute approximate surface area is 143 Å². The third-order valence-corrected chi connectivity index (χ3v) is 3.42. The van der Waals surface area contributed by atoms with Gasteiger partial charge in [-0.3, -0.25) is 4.79 Å². The Balaban J connectivity index is 2.17. The van der Waals surface area contributed by atoms with Crippen LogP contribution in [0.2, 0.25) is 10.0 Å². The fraction of sp³-hybridized carbons (Fsp3) is 0.176. The molecule has 0 N–H and O–H groups in total. The molecule has 0 aromatic heterocycles. The highest BCUT2D eigenvalue weighted by atomic mass is 35.5. The normalized spacial score (nSPS) is 10.2. The second-order valence-corrected chi connectivity index (χ2v) is 5.53. The van der Waals surface area contributed by atoms with Gasteiger partial charge in [0.1, 0.15) is 5.75 Å². The van der Waals surface area contributed by atoms with Gasteiger partial charge in [0.25, 0.3) is 0 Å². The third-order valence-electron chi connectivity index (χ3n) is 2.92. The van der Waals surface area contributed by atoms with Crippen molar-refractivity contribution in [2.24, 2.45) is 0 Å². The maximum Gasteiger partial charge on any atom is 0.343 e. The number of aldehydes is 1. The molecule has 0 saturated heterocycles. The van der Waals surface area contributed by atoms with E-state index in [0.29, 0.717) is 24.2 Å². The summed E-state index contributed by atoms with van der Waals surface area (Å²) in [6, 6.07) is 9.30. The quantitative estimate of drug-likeness (QED) is 0.425. The first-order valence-corrected chi connectivity index (χ1v) is 7.70. The summed E-state index contributed by atoms with van der Waals surface area (Å²) < 4.78 is 10.7. The van der Waals surface area contributed by atoms with Crippen LogP contribution >= 0.6 is 23.2 Å². The predicted octanol–water partition coefficient (Wildman–Crippen LogP) is 4.81. The van der Waals surface area contributed by atoms with Crippen LogP contribution in [0.4, 0.5) is 0 Å². The van der Waals surface area contributed by atoms with E-state index in [2.05, 4.69) is 0 Å². The standard InChI is InChI=1S/C17H14Cl2O4/c1-2-7-22-14-5-3-11(4-6-14)17(21)23-16-12(10-20)8-13(18)9-15(16)19/h3-6,8-10H,2,7H2,1H3. The van der Waals surface area contributed by atoms with Crippen LogP contribution in [0, 0.1) is 0 Å². The molecule has 0 atom stereocenters. The average Bonchev–Trinajstić information content (AvgIpc) is 2.55. The molecule has 2 rings (SSSR count). The molecule has 0 spiro atoms. The van der Waals surface area contributed by atoms with Gasteiger partial charge in [-0.15, -0.1) is 0 Å². The van der Waals surface area contributed by atoms with Crippen LogP contribution in [0.3, 0.4) is 0 Å². The third kappa shape index (κ3) is 4.47. The van der Waals surface area contributed by atoms with E-state index in [-0.39, 0.29) is 21.4 Å². The summed E-state index contributed by atoms with van der Waals surface area (Å²) in [5.74, 6) is 0.0308. The average molecular weight is 353 g/mol. The summed E-state index contributed by atoms with van der Waals surface area (Å²) >= 11 is 11.8. The molecular weight excluding hydrogens is 339 g/mol. The lowest BCUT2D eigenvalue weighted by Crippen LogP contribution is -2.10. The number of halogens is 2. The maximum absolute atomic E-state index is 12.2. The van der Waals surface area contributed by atoms with E-state index >= 15 is 0 Å². The summed E-state index contributed by atoms with van der Waals surface area (Å²) in [7, 11) is 0. The largest absolute Gasteiger partial charge is 0.494 e. The van der Waals surface area contributed by atoms with Gasteiger partial charge in [-0.25, -0.2) is 4.79 Å². The lowest BCUT2D eigenvalue weighted by atomic mass is 10.2. The van der Waals surface area contributed by atoms with Crippen molar-refractivity contribution in [3.05, 3.63) is 57.6 Å². The Morgan fingerprint density at radius 2 is 1.87 bits per heavy atom. The van der Waals surface area contributed by atoms with Crippen molar-refractivity contribution in [2.75, 3.05) is 6.61 Å². The molecule has 2 aromatic rings. The fourth-order valence-electron chi connectivity index (χ4n) is 1.83. The number of carbonyl (C=O) groups excluding carboxylic acids is 2. The molecule has 4 nitrogen and oxygen atoms in total. The summed E-state index contributed by atoms with van der Waals surface area (Å²) in [6.45, 7) is 2.61. The molecule has 0 heterocycles. The predicted molar refractivity (Wildman–Crippen MR) is 89.0 cm³/mol. The first-order valence-electron chi connectivity index (χ1n) is 6.94.